The summed E-state index contributed by atoms with van der Waals surface area (Å²) in [5.74, 6) is 1.81. The van der Waals surface area contributed by atoms with Gasteiger partial charge in [0.25, 0.3) is 5.91 Å². The van der Waals surface area contributed by atoms with Crippen molar-refractivity contribution >= 4 is 11.6 Å². The molecule has 0 aliphatic rings. The molecule has 0 aromatic heterocycles. The molecule has 4 nitrogen and oxygen atoms in total. The highest BCUT2D eigenvalue weighted by atomic mass is 16.5. The third kappa shape index (κ3) is 6.34. The second-order valence-corrected chi connectivity index (χ2v) is 6.45. The van der Waals surface area contributed by atoms with Gasteiger partial charge in [0.05, 0.1) is 6.61 Å². The second-order valence-electron chi connectivity index (χ2n) is 6.45. The van der Waals surface area contributed by atoms with E-state index < -0.39 is 0 Å². The van der Waals surface area contributed by atoms with Gasteiger partial charge in [-0.25, -0.2) is 0 Å². The van der Waals surface area contributed by atoms with E-state index in [0.29, 0.717) is 30.4 Å². The Bertz CT molecular complexity index is 703. The van der Waals surface area contributed by atoms with Gasteiger partial charge in [0.15, 0.2) is 0 Å². The molecule has 2 aromatic carbocycles. The molecule has 0 heterocycles. The van der Waals surface area contributed by atoms with Crippen LogP contribution in [0, 0.1) is 5.92 Å². The molecule has 0 radical (unpaired) electrons. The minimum Gasteiger partial charge on any atom is -0.493 e. The van der Waals surface area contributed by atoms with Crippen LogP contribution in [-0.2, 0) is 0 Å². The zero-order valence-electron chi connectivity index (χ0n) is 15.0. The Balaban J connectivity index is 1.91. The van der Waals surface area contributed by atoms with Crippen LogP contribution in [0.5, 0.6) is 11.5 Å². The van der Waals surface area contributed by atoms with Crippen molar-refractivity contribution in [1.82, 2.24) is 0 Å². The average Bonchev–Trinajstić information content (AvgIpc) is 2.59. The molecule has 0 aliphatic heterocycles. The highest BCUT2D eigenvalue weighted by Gasteiger charge is 2.07. The summed E-state index contributed by atoms with van der Waals surface area (Å²) in [7, 11) is 0. The third-order valence-corrected chi connectivity index (χ3v) is 3.30. The molecule has 0 unspecified atom stereocenters. The van der Waals surface area contributed by atoms with Crippen LogP contribution in [0.15, 0.2) is 60.7 Å². The lowest BCUT2D eigenvalue weighted by Gasteiger charge is -2.10. The fourth-order valence-electron chi connectivity index (χ4n) is 2.01. The largest absolute Gasteiger partial charge is 0.493 e. The molecule has 2 rings (SSSR count). The van der Waals surface area contributed by atoms with Crippen molar-refractivity contribution in [2.24, 2.45) is 5.92 Å². The molecule has 1 N–H and O–H groups in total. The van der Waals surface area contributed by atoms with Gasteiger partial charge < -0.3 is 14.8 Å². The van der Waals surface area contributed by atoms with Crippen LogP contribution >= 0.6 is 0 Å². The molecule has 25 heavy (non-hydrogen) atoms. The van der Waals surface area contributed by atoms with Gasteiger partial charge in [-0.1, -0.05) is 20.4 Å². The molecule has 0 bridgehead atoms. The summed E-state index contributed by atoms with van der Waals surface area (Å²) in [4.78, 5) is 12.3. The number of anilines is 1. The summed E-state index contributed by atoms with van der Waals surface area (Å²) < 4.78 is 11.2. The van der Waals surface area contributed by atoms with Crippen LogP contribution in [0.3, 0.4) is 0 Å². The minimum atomic E-state index is -0.161. The minimum absolute atomic E-state index is 0.161. The lowest BCUT2D eigenvalue weighted by atomic mass is 10.2. The van der Waals surface area contributed by atoms with E-state index in [4.69, 9.17) is 9.47 Å². The molecule has 1 amide bonds. The molecule has 0 spiro atoms. The van der Waals surface area contributed by atoms with E-state index in [1.165, 1.54) is 0 Å². The van der Waals surface area contributed by atoms with Crippen molar-refractivity contribution in [2.45, 2.75) is 20.8 Å². The molecule has 0 saturated carbocycles. The number of rotatable bonds is 8. The summed E-state index contributed by atoms with van der Waals surface area (Å²) in [5, 5.41) is 2.87. The summed E-state index contributed by atoms with van der Waals surface area (Å²) in [6.07, 6.45) is 0. The van der Waals surface area contributed by atoms with Gasteiger partial charge in [0, 0.05) is 11.3 Å². The van der Waals surface area contributed by atoms with E-state index in [1.54, 1.807) is 12.1 Å². The summed E-state index contributed by atoms with van der Waals surface area (Å²) >= 11 is 0. The highest BCUT2D eigenvalue weighted by molar-refractivity contribution is 6.04. The number of carbonyl (C=O) groups is 1. The van der Waals surface area contributed by atoms with Crippen molar-refractivity contribution in [1.29, 1.82) is 0 Å². The molecule has 132 valence electrons. The molecule has 4 heteroatoms. The first-order valence-electron chi connectivity index (χ1n) is 8.35. The standard InChI is InChI=1S/C21H25NO3/c1-15(2)13-24-19-9-5-17(6-10-19)21(23)22-18-7-11-20(12-8-18)25-14-16(3)4/h5-12,15H,3,13-14H2,1-2,4H3,(H,22,23). The van der Waals surface area contributed by atoms with Gasteiger partial charge in [-0.3, -0.25) is 4.79 Å². The first-order valence-corrected chi connectivity index (χ1v) is 8.35. The number of nitrogens with one attached hydrogen (secondary N) is 1. The van der Waals surface area contributed by atoms with E-state index in [9.17, 15) is 4.79 Å². The number of ether oxygens (including phenoxy) is 2. The van der Waals surface area contributed by atoms with Crippen LogP contribution in [0.4, 0.5) is 5.69 Å². The maximum absolute atomic E-state index is 12.3. The molecule has 0 aliphatic carbocycles. The number of amides is 1. The van der Waals surface area contributed by atoms with E-state index in [1.807, 2.05) is 43.3 Å². The normalized spacial score (nSPS) is 10.4. The molecule has 2 aromatic rings. The van der Waals surface area contributed by atoms with Crippen molar-refractivity contribution in [3.05, 3.63) is 66.2 Å². The predicted octanol–water partition coefficient (Wildman–Crippen LogP) is 4.93. The van der Waals surface area contributed by atoms with Gasteiger partial charge >= 0.3 is 0 Å². The fraction of sp³-hybridized carbons (Fsp3) is 0.286. The van der Waals surface area contributed by atoms with Crippen molar-refractivity contribution < 1.29 is 14.3 Å². The van der Waals surface area contributed by atoms with Crippen LogP contribution in [0.1, 0.15) is 31.1 Å². The van der Waals surface area contributed by atoms with E-state index in [2.05, 4.69) is 25.7 Å². The summed E-state index contributed by atoms with van der Waals surface area (Å²) in [5.41, 5.74) is 2.26. The topological polar surface area (TPSA) is 47.6 Å². The Hall–Kier alpha value is -2.75. The van der Waals surface area contributed by atoms with Gasteiger partial charge in [-0.05, 0) is 66.9 Å². The SMILES string of the molecule is C=C(C)COc1ccc(NC(=O)c2ccc(OCC(C)C)cc2)cc1. The van der Waals surface area contributed by atoms with E-state index in [0.717, 1.165) is 17.1 Å². The number of hydrogen-bond donors (Lipinski definition) is 1. The monoisotopic (exact) mass is 339 g/mol. The first kappa shape index (κ1) is 18.6. The predicted molar refractivity (Wildman–Crippen MR) is 101 cm³/mol. The quantitative estimate of drug-likeness (QED) is 0.694. The zero-order valence-corrected chi connectivity index (χ0v) is 15.0. The van der Waals surface area contributed by atoms with Crippen molar-refractivity contribution in [2.75, 3.05) is 18.5 Å². The number of carbonyl (C=O) groups excluding carboxylic acids is 1. The maximum atomic E-state index is 12.3. The Morgan fingerprint density at radius 1 is 1.00 bits per heavy atom. The third-order valence-electron chi connectivity index (χ3n) is 3.30. The van der Waals surface area contributed by atoms with Crippen molar-refractivity contribution in [3.63, 3.8) is 0 Å². The maximum Gasteiger partial charge on any atom is 0.255 e. The smallest absolute Gasteiger partial charge is 0.255 e. The van der Waals surface area contributed by atoms with Crippen LogP contribution in [-0.4, -0.2) is 19.1 Å². The lowest BCUT2D eigenvalue weighted by molar-refractivity contribution is 0.102. The molecular weight excluding hydrogens is 314 g/mol. The Labute approximate surface area is 149 Å². The van der Waals surface area contributed by atoms with Gasteiger partial charge in [-0.2, -0.15) is 0 Å². The van der Waals surface area contributed by atoms with Crippen LogP contribution in [0.25, 0.3) is 0 Å². The summed E-state index contributed by atoms with van der Waals surface area (Å²) in [6, 6.07) is 14.4. The molecule has 0 atom stereocenters. The van der Waals surface area contributed by atoms with Gasteiger partial charge in [0.2, 0.25) is 0 Å². The van der Waals surface area contributed by atoms with E-state index in [-0.39, 0.29) is 5.91 Å². The van der Waals surface area contributed by atoms with Gasteiger partial charge in [-0.15, -0.1) is 0 Å². The van der Waals surface area contributed by atoms with Gasteiger partial charge in [0.1, 0.15) is 18.1 Å². The number of hydrogen-bond acceptors (Lipinski definition) is 3. The Morgan fingerprint density at radius 2 is 1.56 bits per heavy atom. The van der Waals surface area contributed by atoms with Crippen molar-refractivity contribution in [3.8, 4) is 11.5 Å². The molecular formula is C21H25NO3. The Morgan fingerprint density at radius 3 is 2.12 bits per heavy atom. The Kier molecular flexibility index (Phi) is 6.63. The highest BCUT2D eigenvalue weighted by Crippen LogP contribution is 2.18. The molecule has 0 saturated heterocycles. The lowest BCUT2D eigenvalue weighted by Crippen LogP contribution is -2.12. The summed E-state index contributed by atoms with van der Waals surface area (Å²) in [6.45, 7) is 11.0. The second kappa shape index (κ2) is 8.92. The average molecular weight is 339 g/mol. The van der Waals surface area contributed by atoms with Crippen LogP contribution < -0.4 is 14.8 Å². The zero-order chi connectivity index (χ0) is 18.2. The first-order chi connectivity index (χ1) is 11.9. The van der Waals surface area contributed by atoms with E-state index >= 15 is 0 Å². The number of benzene rings is 2. The van der Waals surface area contributed by atoms with Crippen LogP contribution in [0.2, 0.25) is 0 Å². The fourth-order valence-corrected chi connectivity index (χ4v) is 2.01. The molecule has 0 fully saturated rings.